The van der Waals surface area contributed by atoms with Gasteiger partial charge in [0, 0.05) is 24.5 Å². The highest BCUT2D eigenvalue weighted by Crippen LogP contribution is 2.36. The first-order valence-corrected chi connectivity index (χ1v) is 32.1. The van der Waals surface area contributed by atoms with Crippen LogP contribution < -0.4 is 13.6 Å². The molecule has 464 valence electrons. The molecule has 5 nitrogen and oxygen atoms in total. The van der Waals surface area contributed by atoms with Crippen molar-refractivity contribution in [2.24, 2.45) is 0 Å². The molecule has 0 aromatic heterocycles. The van der Waals surface area contributed by atoms with Gasteiger partial charge in [0.25, 0.3) is 0 Å². The second-order valence-corrected chi connectivity index (χ2v) is 23.2. The summed E-state index contributed by atoms with van der Waals surface area (Å²) in [5.74, 6) is 2.69. The summed E-state index contributed by atoms with van der Waals surface area (Å²) in [6.45, 7) is 24.2. The van der Waals surface area contributed by atoms with Gasteiger partial charge in [-0.05, 0) is 59.6 Å². The Balaban J connectivity index is -0.000000158. The maximum absolute atomic E-state index is 5.36. The van der Waals surface area contributed by atoms with E-state index in [0.29, 0.717) is 0 Å². The van der Waals surface area contributed by atoms with Crippen LogP contribution in [0.3, 0.4) is 0 Å². The summed E-state index contributed by atoms with van der Waals surface area (Å²) in [4.78, 5) is 0. The van der Waals surface area contributed by atoms with Crippen molar-refractivity contribution < 1.29 is 22.6 Å². The van der Waals surface area contributed by atoms with E-state index < -0.39 is 0 Å². The van der Waals surface area contributed by atoms with Gasteiger partial charge in [-0.25, -0.2) is 0 Å². The Labute approximate surface area is 502 Å². The molecule has 0 N–H and O–H groups in total. The first-order valence-electron chi connectivity index (χ1n) is 29.8. The molecule has 3 rings (SSSR count). The van der Waals surface area contributed by atoms with Crippen molar-refractivity contribution in [3.63, 3.8) is 0 Å². The molecule has 0 saturated carbocycles. The number of unbranched alkanes of at least 4 members (excludes halogenated alkanes) is 29. The molecular formula is C68H137O5P5. The maximum atomic E-state index is 5.36. The number of hydrogen-bond donors (Lipinski definition) is 0. The molecule has 3 aromatic rings. The van der Waals surface area contributed by atoms with Crippen molar-refractivity contribution in [2.45, 2.75) is 315 Å². The van der Waals surface area contributed by atoms with E-state index >= 15 is 0 Å². The number of rotatable bonds is 36. The third-order valence-corrected chi connectivity index (χ3v) is 14.0. The van der Waals surface area contributed by atoms with Crippen LogP contribution in [0.5, 0.6) is 17.2 Å². The van der Waals surface area contributed by atoms with E-state index in [-0.39, 0.29) is 40.5 Å². The summed E-state index contributed by atoms with van der Waals surface area (Å²) in [6.07, 6.45) is 45.3. The Bertz CT molecular complexity index is 1430. The first-order chi connectivity index (χ1) is 35.8. The van der Waals surface area contributed by atoms with Crippen LogP contribution in [0.25, 0.3) is 0 Å². The average molecular weight is 1190 g/mol. The Morgan fingerprint density at radius 3 is 0.756 bits per heavy atom. The monoisotopic (exact) mass is 1190 g/mol. The lowest BCUT2D eigenvalue weighted by molar-refractivity contribution is 0.352. The van der Waals surface area contributed by atoms with Gasteiger partial charge >= 0.3 is 0 Å². The lowest BCUT2D eigenvalue weighted by atomic mass is 9.80. The SMILES string of the molecule is C.C.C.C.CC(C)(C)c1ccc(OP)c(C(C)(C)C)c1.CCCCCCCCCC.CCCCCCCCCCCCCCCCCCOP.CCCCCCCCCCOP.POc1ccccc1.POc1ccccc1. The second kappa shape index (κ2) is 70.4. The van der Waals surface area contributed by atoms with Crippen LogP contribution in [-0.4, -0.2) is 13.2 Å². The van der Waals surface area contributed by atoms with E-state index in [1.165, 1.54) is 217 Å². The van der Waals surface area contributed by atoms with Crippen LogP contribution in [-0.2, 0) is 19.9 Å². The highest BCUT2D eigenvalue weighted by atomic mass is 31.0. The topological polar surface area (TPSA) is 46.2 Å². The standard InChI is InChI=1S/C18H39OP.C14H23OP.C10H23OP.C10H22.2C6H7OP.4CH4/c1-2-3-4-5-6-7-8-9-10-11-12-13-14-15-16-17-18-19-20;1-13(2,3)10-7-8-12(15-16)11(9-10)14(4,5)6;1-2-3-4-5-6-7-8-9-10-11-12;1-3-5-7-9-10-8-6-4-2;2*8-7-6-4-2-1-3-5-6;;;;/h2-18,20H2,1H3;7-9H,16H2,1-6H3;2-10,12H2,1H3;3-10H2,1-2H3;2*1-5H,8H2;4*1H4. The van der Waals surface area contributed by atoms with E-state index in [0.717, 1.165) is 30.5 Å². The molecule has 0 radical (unpaired) electrons. The van der Waals surface area contributed by atoms with Crippen LogP contribution in [0.15, 0.2) is 78.9 Å². The zero-order valence-electron chi connectivity index (χ0n) is 50.0. The molecule has 3 aromatic carbocycles. The van der Waals surface area contributed by atoms with E-state index in [9.17, 15) is 0 Å². The Morgan fingerprint density at radius 1 is 0.308 bits per heavy atom. The van der Waals surface area contributed by atoms with E-state index in [1.54, 1.807) is 0 Å². The molecule has 0 spiro atoms. The van der Waals surface area contributed by atoms with Crippen molar-refractivity contribution in [1.29, 1.82) is 0 Å². The molecule has 10 heteroatoms. The van der Waals surface area contributed by atoms with Crippen LogP contribution in [0.4, 0.5) is 0 Å². The Morgan fingerprint density at radius 2 is 0.564 bits per heavy atom. The third kappa shape index (κ3) is 65.9. The van der Waals surface area contributed by atoms with Gasteiger partial charge in [0.2, 0.25) is 0 Å². The van der Waals surface area contributed by atoms with Gasteiger partial charge in [-0.1, -0.05) is 340 Å². The number of hydrogen-bond acceptors (Lipinski definition) is 5. The van der Waals surface area contributed by atoms with Gasteiger partial charge in [-0.2, -0.15) is 0 Å². The zero-order valence-corrected chi connectivity index (χ0v) is 55.7. The molecule has 0 aliphatic rings. The summed E-state index contributed by atoms with van der Waals surface area (Å²) >= 11 is 0. The lowest BCUT2D eigenvalue weighted by Gasteiger charge is -2.26. The van der Waals surface area contributed by atoms with Crippen molar-refractivity contribution in [1.82, 2.24) is 0 Å². The largest absolute Gasteiger partial charge is 0.480 e. The molecule has 0 bridgehead atoms. The molecule has 5 atom stereocenters. The number of para-hydroxylation sites is 2. The van der Waals surface area contributed by atoms with Crippen molar-refractivity contribution in [3.8, 4) is 17.2 Å². The third-order valence-electron chi connectivity index (χ3n) is 12.7. The Hall–Kier alpha value is -0.870. The first kappa shape index (κ1) is 90.9. The minimum atomic E-state index is 0. The maximum Gasteiger partial charge on any atom is 0.126 e. The van der Waals surface area contributed by atoms with Gasteiger partial charge in [-0.15, -0.1) is 0 Å². The van der Waals surface area contributed by atoms with Crippen molar-refractivity contribution in [3.05, 3.63) is 90.0 Å². The highest BCUT2D eigenvalue weighted by Gasteiger charge is 2.22. The van der Waals surface area contributed by atoms with Gasteiger partial charge in [0.15, 0.2) is 0 Å². The predicted molar refractivity (Wildman–Crippen MR) is 376 cm³/mol. The second-order valence-electron chi connectivity index (χ2n) is 21.8. The summed E-state index contributed by atoms with van der Waals surface area (Å²) in [5.41, 5.74) is 2.89. The smallest absolute Gasteiger partial charge is 0.126 e. The van der Waals surface area contributed by atoms with Gasteiger partial charge in [0.05, 0.1) is 41.6 Å². The van der Waals surface area contributed by atoms with Gasteiger partial charge in [-0.3, -0.25) is 0 Å². The molecule has 0 heterocycles. The quantitative estimate of drug-likeness (QED) is 0.0429. The molecule has 0 amide bonds. The minimum Gasteiger partial charge on any atom is -0.480 e. The minimum absolute atomic E-state index is 0. The average Bonchev–Trinajstić information content (AvgIpc) is 3.41. The van der Waals surface area contributed by atoms with Gasteiger partial charge < -0.3 is 22.6 Å². The fraction of sp³-hybridized carbons (Fsp3) is 0.735. The summed E-state index contributed by atoms with van der Waals surface area (Å²) in [5, 5.41) is 0. The predicted octanol–water partition coefficient (Wildman–Crippen LogP) is 25.8. The van der Waals surface area contributed by atoms with E-state index in [2.05, 4.69) is 135 Å². The van der Waals surface area contributed by atoms with Crippen molar-refractivity contribution in [2.75, 3.05) is 13.2 Å². The number of benzene rings is 3. The van der Waals surface area contributed by atoms with Crippen LogP contribution in [0.1, 0.15) is 316 Å². The van der Waals surface area contributed by atoms with E-state index in [1.807, 2.05) is 60.7 Å². The summed E-state index contributed by atoms with van der Waals surface area (Å²) < 4.78 is 24.9. The van der Waals surface area contributed by atoms with E-state index in [4.69, 9.17) is 22.6 Å². The summed E-state index contributed by atoms with van der Waals surface area (Å²) in [6, 6.07) is 25.7. The normalized spacial score (nSPS) is 10.1. The molecule has 5 unspecified atom stereocenters. The van der Waals surface area contributed by atoms with Gasteiger partial charge in [0.1, 0.15) is 17.2 Å². The molecule has 0 aliphatic carbocycles. The molecule has 0 fully saturated rings. The molecule has 0 saturated heterocycles. The van der Waals surface area contributed by atoms with Crippen molar-refractivity contribution >= 4 is 47.3 Å². The highest BCUT2D eigenvalue weighted by molar-refractivity contribution is 7.10. The lowest BCUT2D eigenvalue weighted by Crippen LogP contribution is -2.16. The molecule has 0 aliphatic heterocycles. The van der Waals surface area contributed by atoms with Crippen LogP contribution >= 0.6 is 47.3 Å². The molecular weight excluding hydrogens is 1050 g/mol. The zero-order chi connectivity index (χ0) is 55.7. The van der Waals surface area contributed by atoms with Crippen LogP contribution in [0.2, 0.25) is 0 Å². The molecule has 78 heavy (non-hydrogen) atoms. The Kier molecular flexibility index (Phi) is 82.0. The summed E-state index contributed by atoms with van der Waals surface area (Å²) in [7, 11) is 11.3. The van der Waals surface area contributed by atoms with Crippen LogP contribution in [0, 0.1) is 0 Å². The fourth-order valence-corrected chi connectivity index (χ4v) is 8.80. The fourth-order valence-electron chi connectivity index (χ4n) is 7.94.